The first-order valence-corrected chi connectivity index (χ1v) is 6.24. The molecule has 5 heteroatoms. The number of amides is 2. The molecule has 0 saturated carbocycles. The molecule has 0 bridgehead atoms. The van der Waals surface area contributed by atoms with Crippen LogP contribution >= 0.6 is 0 Å². The molecule has 0 spiro atoms. The summed E-state index contributed by atoms with van der Waals surface area (Å²) in [5.74, 6) is -0.646. The van der Waals surface area contributed by atoms with Crippen molar-refractivity contribution in [2.75, 3.05) is 5.73 Å². The molecule has 1 aliphatic rings. The van der Waals surface area contributed by atoms with E-state index in [4.69, 9.17) is 5.73 Å². The third-order valence-corrected chi connectivity index (χ3v) is 3.51. The number of nitrogen functional groups attached to an aromatic ring is 1. The third kappa shape index (κ3) is 1.75. The highest BCUT2D eigenvalue weighted by atomic mass is 16.2. The smallest absolute Gasteiger partial charge is 0.263 e. The maximum Gasteiger partial charge on any atom is 0.263 e. The third-order valence-electron chi connectivity index (χ3n) is 3.51. The van der Waals surface area contributed by atoms with Crippen molar-refractivity contribution in [3.63, 3.8) is 0 Å². The van der Waals surface area contributed by atoms with E-state index in [1.807, 2.05) is 13.0 Å². The summed E-state index contributed by atoms with van der Waals surface area (Å²) in [4.78, 5) is 29.9. The number of aryl methyl sites for hydroxylation is 1. The number of carbonyl (C=O) groups excluding carboxylic acids is 2. The second-order valence-corrected chi connectivity index (χ2v) is 4.77. The average molecular weight is 267 g/mol. The summed E-state index contributed by atoms with van der Waals surface area (Å²) in [5.41, 5.74) is 8.65. The van der Waals surface area contributed by atoms with Crippen molar-refractivity contribution in [3.8, 4) is 0 Å². The molecule has 0 atom stereocenters. The second kappa shape index (κ2) is 4.45. The summed E-state index contributed by atoms with van der Waals surface area (Å²) in [6.45, 7) is 2.13. The molecular weight excluding hydrogens is 254 g/mol. The van der Waals surface area contributed by atoms with Crippen molar-refractivity contribution in [1.82, 2.24) is 9.88 Å². The van der Waals surface area contributed by atoms with E-state index in [-0.39, 0.29) is 18.4 Å². The molecule has 2 amide bonds. The number of hydrogen-bond donors (Lipinski definition) is 1. The first kappa shape index (κ1) is 12.3. The number of hydrogen-bond acceptors (Lipinski definition) is 4. The molecule has 0 aliphatic carbocycles. The van der Waals surface area contributed by atoms with Gasteiger partial charge in [0.25, 0.3) is 11.8 Å². The monoisotopic (exact) mass is 267 g/mol. The van der Waals surface area contributed by atoms with Gasteiger partial charge in [-0.2, -0.15) is 0 Å². The van der Waals surface area contributed by atoms with Crippen molar-refractivity contribution in [3.05, 3.63) is 58.9 Å². The van der Waals surface area contributed by atoms with Crippen LogP contribution < -0.4 is 5.73 Å². The van der Waals surface area contributed by atoms with Crippen LogP contribution in [0.4, 0.5) is 5.69 Å². The minimum Gasteiger partial charge on any atom is -0.398 e. The molecule has 5 nitrogen and oxygen atoms in total. The van der Waals surface area contributed by atoms with E-state index >= 15 is 0 Å². The number of rotatable bonds is 2. The SMILES string of the molecule is Cc1ccncc1CN1C(=O)c2cccc(N)c2C1=O. The fourth-order valence-electron chi connectivity index (χ4n) is 2.34. The summed E-state index contributed by atoms with van der Waals surface area (Å²) >= 11 is 0. The number of nitrogens with zero attached hydrogens (tertiary/aromatic N) is 2. The van der Waals surface area contributed by atoms with Gasteiger partial charge < -0.3 is 5.73 Å². The highest BCUT2D eigenvalue weighted by Gasteiger charge is 2.37. The van der Waals surface area contributed by atoms with Gasteiger partial charge in [0.2, 0.25) is 0 Å². The lowest BCUT2D eigenvalue weighted by Crippen LogP contribution is -2.29. The second-order valence-electron chi connectivity index (χ2n) is 4.77. The lowest BCUT2D eigenvalue weighted by molar-refractivity contribution is 0.0642. The molecule has 20 heavy (non-hydrogen) atoms. The first-order valence-electron chi connectivity index (χ1n) is 6.24. The predicted molar refractivity (Wildman–Crippen MR) is 74.0 cm³/mol. The molecule has 0 radical (unpaired) electrons. The van der Waals surface area contributed by atoms with Gasteiger partial charge in [-0.05, 0) is 36.2 Å². The highest BCUT2D eigenvalue weighted by Crippen LogP contribution is 2.28. The Kier molecular flexibility index (Phi) is 2.75. The van der Waals surface area contributed by atoms with E-state index < -0.39 is 0 Å². The van der Waals surface area contributed by atoms with Gasteiger partial charge in [-0.15, -0.1) is 0 Å². The van der Waals surface area contributed by atoms with Crippen LogP contribution in [-0.2, 0) is 6.54 Å². The maximum absolute atomic E-state index is 12.3. The fourth-order valence-corrected chi connectivity index (χ4v) is 2.34. The number of fused-ring (bicyclic) bond motifs is 1. The van der Waals surface area contributed by atoms with Gasteiger partial charge in [-0.1, -0.05) is 6.07 Å². The number of carbonyl (C=O) groups is 2. The van der Waals surface area contributed by atoms with Crippen molar-refractivity contribution in [2.24, 2.45) is 0 Å². The topological polar surface area (TPSA) is 76.3 Å². The van der Waals surface area contributed by atoms with Crippen LogP contribution in [0, 0.1) is 6.92 Å². The molecule has 2 aromatic rings. The van der Waals surface area contributed by atoms with E-state index in [0.29, 0.717) is 16.8 Å². The lowest BCUT2D eigenvalue weighted by Gasteiger charge is -2.15. The number of benzene rings is 1. The summed E-state index contributed by atoms with van der Waals surface area (Å²) < 4.78 is 0. The van der Waals surface area contributed by atoms with Gasteiger partial charge in [0.15, 0.2) is 0 Å². The number of anilines is 1. The molecule has 100 valence electrons. The fraction of sp³-hybridized carbons (Fsp3) is 0.133. The average Bonchev–Trinajstić information content (AvgIpc) is 2.67. The molecule has 3 rings (SSSR count). The quantitative estimate of drug-likeness (QED) is 0.664. The number of imide groups is 1. The minimum absolute atomic E-state index is 0.214. The summed E-state index contributed by atoms with van der Waals surface area (Å²) in [6.07, 6.45) is 3.35. The highest BCUT2D eigenvalue weighted by molar-refractivity contribution is 6.23. The van der Waals surface area contributed by atoms with Crippen LogP contribution in [0.25, 0.3) is 0 Å². The standard InChI is InChI=1S/C15H13N3O2/c1-9-5-6-17-7-10(9)8-18-14(19)11-3-2-4-12(16)13(11)15(18)20/h2-7H,8,16H2,1H3. The molecule has 2 N–H and O–H groups in total. The molecule has 1 aromatic carbocycles. The van der Waals surface area contributed by atoms with Crippen LogP contribution in [-0.4, -0.2) is 21.7 Å². The Morgan fingerprint density at radius 2 is 2.00 bits per heavy atom. The Balaban J connectivity index is 1.99. The summed E-state index contributed by atoms with van der Waals surface area (Å²) in [6, 6.07) is 6.78. The zero-order valence-electron chi connectivity index (χ0n) is 11.0. The van der Waals surface area contributed by atoms with Gasteiger partial charge in [-0.3, -0.25) is 19.5 Å². The van der Waals surface area contributed by atoms with Gasteiger partial charge in [0.1, 0.15) is 0 Å². The zero-order chi connectivity index (χ0) is 14.3. The molecule has 2 heterocycles. The molecule has 0 saturated heterocycles. The lowest BCUT2D eigenvalue weighted by atomic mass is 10.1. The van der Waals surface area contributed by atoms with E-state index in [2.05, 4.69) is 4.98 Å². The summed E-state index contributed by atoms with van der Waals surface area (Å²) in [5, 5.41) is 0. The van der Waals surface area contributed by atoms with Crippen molar-refractivity contribution >= 4 is 17.5 Å². The van der Waals surface area contributed by atoms with Gasteiger partial charge in [-0.25, -0.2) is 0 Å². The van der Waals surface area contributed by atoms with Crippen LogP contribution in [0.5, 0.6) is 0 Å². The minimum atomic E-state index is -0.341. The van der Waals surface area contributed by atoms with E-state index in [9.17, 15) is 9.59 Å². The number of nitrogens with two attached hydrogens (primary N) is 1. The number of aromatic nitrogens is 1. The van der Waals surface area contributed by atoms with Crippen LogP contribution in [0.2, 0.25) is 0 Å². The Labute approximate surface area is 116 Å². The Bertz CT molecular complexity index is 725. The molecule has 1 aliphatic heterocycles. The molecule has 1 aromatic heterocycles. The predicted octanol–water partition coefficient (Wildman–Crippen LogP) is 1.77. The van der Waals surface area contributed by atoms with Crippen LogP contribution in [0.3, 0.4) is 0 Å². The van der Waals surface area contributed by atoms with Crippen LogP contribution in [0.15, 0.2) is 36.7 Å². The van der Waals surface area contributed by atoms with E-state index in [0.717, 1.165) is 11.1 Å². The molecule has 0 fully saturated rings. The molecule has 0 unspecified atom stereocenters. The molecular formula is C15H13N3O2. The van der Waals surface area contributed by atoms with E-state index in [1.54, 1.807) is 30.6 Å². The summed E-state index contributed by atoms with van der Waals surface area (Å²) in [7, 11) is 0. The largest absolute Gasteiger partial charge is 0.398 e. The Hall–Kier alpha value is -2.69. The Morgan fingerprint density at radius 3 is 2.70 bits per heavy atom. The maximum atomic E-state index is 12.3. The van der Waals surface area contributed by atoms with Crippen LogP contribution in [0.1, 0.15) is 31.8 Å². The van der Waals surface area contributed by atoms with Gasteiger partial charge >= 0.3 is 0 Å². The first-order chi connectivity index (χ1) is 9.59. The van der Waals surface area contributed by atoms with E-state index in [1.165, 1.54) is 4.90 Å². The van der Waals surface area contributed by atoms with Gasteiger partial charge in [0.05, 0.1) is 17.7 Å². The normalized spacial score (nSPS) is 13.8. The number of pyridine rings is 1. The Morgan fingerprint density at radius 1 is 1.20 bits per heavy atom. The van der Waals surface area contributed by atoms with Crippen molar-refractivity contribution in [1.29, 1.82) is 0 Å². The van der Waals surface area contributed by atoms with Gasteiger partial charge in [0, 0.05) is 18.1 Å². The van der Waals surface area contributed by atoms with Crippen molar-refractivity contribution in [2.45, 2.75) is 13.5 Å². The zero-order valence-corrected chi connectivity index (χ0v) is 11.0. The van der Waals surface area contributed by atoms with Crippen molar-refractivity contribution < 1.29 is 9.59 Å².